The van der Waals surface area contributed by atoms with Crippen molar-refractivity contribution in [3.63, 3.8) is 0 Å². The molecule has 0 saturated carbocycles. The number of benzene rings is 1. The molecule has 0 saturated heterocycles. The molecule has 5 nitrogen and oxygen atoms in total. The SMILES string of the molecule is C[CH]Cc1cnc(N[C@@H](C)c2cn(-c3ccc(Cl)cc3)cn2)nc1. The summed E-state index contributed by atoms with van der Waals surface area (Å²) in [5, 5.41) is 3.99. The zero-order valence-corrected chi connectivity index (χ0v) is 14.4. The maximum absolute atomic E-state index is 5.93. The van der Waals surface area contributed by atoms with Gasteiger partial charge in [-0.2, -0.15) is 0 Å². The van der Waals surface area contributed by atoms with Gasteiger partial charge < -0.3 is 9.88 Å². The Hall–Kier alpha value is -2.40. The molecule has 3 rings (SSSR count). The van der Waals surface area contributed by atoms with Gasteiger partial charge in [0.15, 0.2) is 0 Å². The summed E-state index contributed by atoms with van der Waals surface area (Å²) in [5.74, 6) is 0.600. The Bertz CT molecular complexity index is 780. The highest BCUT2D eigenvalue weighted by molar-refractivity contribution is 6.30. The molecule has 0 unspecified atom stereocenters. The number of aromatic nitrogens is 4. The quantitative estimate of drug-likeness (QED) is 0.728. The molecule has 1 aromatic carbocycles. The molecule has 2 heterocycles. The van der Waals surface area contributed by atoms with Crippen LogP contribution in [0.15, 0.2) is 49.2 Å². The third-order valence-corrected chi connectivity index (χ3v) is 3.91. The summed E-state index contributed by atoms with van der Waals surface area (Å²) >= 11 is 5.93. The molecule has 0 spiro atoms. The Balaban J connectivity index is 1.69. The van der Waals surface area contributed by atoms with Crippen LogP contribution in [0.1, 0.15) is 31.1 Å². The van der Waals surface area contributed by atoms with Crippen LogP contribution in [-0.4, -0.2) is 19.5 Å². The van der Waals surface area contributed by atoms with Crippen LogP contribution < -0.4 is 5.32 Å². The van der Waals surface area contributed by atoms with Crippen molar-refractivity contribution in [2.75, 3.05) is 5.32 Å². The number of nitrogens with one attached hydrogen (secondary N) is 1. The second kappa shape index (κ2) is 7.45. The van der Waals surface area contributed by atoms with E-state index in [1.165, 1.54) is 0 Å². The van der Waals surface area contributed by atoms with Gasteiger partial charge in [0.1, 0.15) is 0 Å². The van der Waals surface area contributed by atoms with Gasteiger partial charge in [-0.25, -0.2) is 15.0 Å². The smallest absolute Gasteiger partial charge is 0.223 e. The van der Waals surface area contributed by atoms with E-state index in [4.69, 9.17) is 11.6 Å². The van der Waals surface area contributed by atoms with Crippen molar-refractivity contribution in [2.45, 2.75) is 26.3 Å². The largest absolute Gasteiger partial charge is 0.346 e. The van der Waals surface area contributed by atoms with Crippen LogP contribution in [0.4, 0.5) is 5.95 Å². The molecule has 0 amide bonds. The Labute approximate surface area is 146 Å². The number of hydrogen-bond donors (Lipinski definition) is 1. The number of rotatable bonds is 6. The summed E-state index contributed by atoms with van der Waals surface area (Å²) in [5.41, 5.74) is 3.03. The Morgan fingerprint density at radius 3 is 2.54 bits per heavy atom. The van der Waals surface area contributed by atoms with Crippen LogP contribution in [0, 0.1) is 6.42 Å². The summed E-state index contributed by atoms with van der Waals surface area (Å²) in [6, 6.07) is 7.64. The summed E-state index contributed by atoms with van der Waals surface area (Å²) in [7, 11) is 0. The highest BCUT2D eigenvalue weighted by Gasteiger charge is 2.11. The maximum Gasteiger partial charge on any atom is 0.223 e. The molecule has 3 aromatic rings. The van der Waals surface area contributed by atoms with Crippen LogP contribution >= 0.6 is 11.6 Å². The van der Waals surface area contributed by atoms with Crippen LogP contribution in [0.5, 0.6) is 0 Å². The van der Waals surface area contributed by atoms with Crippen molar-refractivity contribution in [1.82, 2.24) is 19.5 Å². The van der Waals surface area contributed by atoms with Gasteiger partial charge in [-0.1, -0.05) is 18.5 Å². The number of hydrogen-bond acceptors (Lipinski definition) is 4. The number of nitrogens with zero attached hydrogens (tertiary/aromatic N) is 4. The third-order valence-electron chi connectivity index (χ3n) is 3.66. The summed E-state index contributed by atoms with van der Waals surface area (Å²) in [4.78, 5) is 13.2. The average Bonchev–Trinajstić information content (AvgIpc) is 3.08. The summed E-state index contributed by atoms with van der Waals surface area (Å²) in [6.07, 6.45) is 10.4. The first-order valence-electron chi connectivity index (χ1n) is 7.81. The van der Waals surface area contributed by atoms with Gasteiger partial charge in [-0.3, -0.25) is 0 Å². The van der Waals surface area contributed by atoms with E-state index in [1.807, 2.05) is 61.3 Å². The van der Waals surface area contributed by atoms with Crippen LogP contribution in [0.2, 0.25) is 5.02 Å². The topological polar surface area (TPSA) is 55.6 Å². The van der Waals surface area contributed by atoms with Crippen molar-refractivity contribution >= 4 is 17.5 Å². The summed E-state index contributed by atoms with van der Waals surface area (Å²) < 4.78 is 1.96. The van der Waals surface area contributed by atoms with E-state index in [-0.39, 0.29) is 6.04 Å². The van der Waals surface area contributed by atoms with Crippen molar-refractivity contribution < 1.29 is 0 Å². The number of anilines is 1. The first-order chi connectivity index (χ1) is 11.7. The Kier molecular flexibility index (Phi) is 5.11. The lowest BCUT2D eigenvalue weighted by Gasteiger charge is -2.11. The predicted octanol–water partition coefficient (Wildman–Crippen LogP) is 4.26. The lowest BCUT2D eigenvalue weighted by molar-refractivity contribution is 0.827. The van der Waals surface area contributed by atoms with Gasteiger partial charge in [0.25, 0.3) is 0 Å². The fourth-order valence-corrected chi connectivity index (χ4v) is 2.48. The predicted molar refractivity (Wildman–Crippen MR) is 96.3 cm³/mol. The molecule has 1 radical (unpaired) electrons. The monoisotopic (exact) mass is 340 g/mol. The van der Waals surface area contributed by atoms with Crippen molar-refractivity contribution in [1.29, 1.82) is 0 Å². The lowest BCUT2D eigenvalue weighted by Crippen LogP contribution is -2.10. The van der Waals surface area contributed by atoms with Gasteiger partial charge in [0.2, 0.25) is 5.95 Å². The van der Waals surface area contributed by atoms with E-state index < -0.39 is 0 Å². The van der Waals surface area contributed by atoms with E-state index in [9.17, 15) is 0 Å². The molecule has 0 bridgehead atoms. The standard InChI is InChI=1S/C18H19ClN5/c1-3-4-14-9-20-18(21-10-14)23-13(2)17-11-24(12-22-17)16-7-5-15(19)6-8-16/h3,5-13H,4H2,1-2H3,(H,20,21,23)/t13-/m0/s1. The Morgan fingerprint density at radius 1 is 1.17 bits per heavy atom. The molecule has 0 aliphatic carbocycles. The van der Waals surface area contributed by atoms with Gasteiger partial charge >= 0.3 is 0 Å². The molecule has 1 atom stereocenters. The molecular weight excluding hydrogens is 322 g/mol. The number of imidazole rings is 1. The van der Waals surface area contributed by atoms with E-state index in [0.717, 1.165) is 28.4 Å². The van der Waals surface area contributed by atoms with Crippen molar-refractivity contribution in [2.24, 2.45) is 0 Å². The summed E-state index contributed by atoms with van der Waals surface area (Å²) in [6.45, 7) is 4.05. The minimum atomic E-state index is 0.00198. The minimum absolute atomic E-state index is 0.00198. The zero-order chi connectivity index (χ0) is 16.9. The zero-order valence-electron chi connectivity index (χ0n) is 13.6. The average molecular weight is 341 g/mol. The fourth-order valence-electron chi connectivity index (χ4n) is 2.35. The third kappa shape index (κ3) is 3.92. The fraction of sp³-hybridized carbons (Fsp3) is 0.222. The molecule has 0 aliphatic heterocycles. The van der Waals surface area contributed by atoms with E-state index in [0.29, 0.717) is 5.95 Å². The van der Waals surface area contributed by atoms with E-state index in [1.54, 1.807) is 6.33 Å². The van der Waals surface area contributed by atoms with E-state index in [2.05, 4.69) is 26.7 Å². The van der Waals surface area contributed by atoms with Gasteiger partial charge in [0.05, 0.1) is 18.1 Å². The molecule has 0 aliphatic rings. The molecule has 1 N–H and O–H groups in total. The second-order valence-electron chi connectivity index (χ2n) is 5.58. The number of halogens is 1. The lowest BCUT2D eigenvalue weighted by atomic mass is 10.2. The van der Waals surface area contributed by atoms with Crippen LogP contribution in [0.3, 0.4) is 0 Å². The molecule has 6 heteroatoms. The maximum atomic E-state index is 5.93. The highest BCUT2D eigenvalue weighted by Crippen LogP contribution is 2.18. The molecule has 24 heavy (non-hydrogen) atoms. The van der Waals surface area contributed by atoms with Crippen LogP contribution in [-0.2, 0) is 6.42 Å². The van der Waals surface area contributed by atoms with Crippen molar-refractivity contribution in [3.8, 4) is 5.69 Å². The molecule has 2 aromatic heterocycles. The highest BCUT2D eigenvalue weighted by atomic mass is 35.5. The van der Waals surface area contributed by atoms with Gasteiger partial charge in [-0.15, -0.1) is 0 Å². The van der Waals surface area contributed by atoms with Crippen molar-refractivity contribution in [3.05, 3.63) is 71.9 Å². The normalized spacial score (nSPS) is 12.1. The molecule has 0 fully saturated rings. The van der Waals surface area contributed by atoms with E-state index >= 15 is 0 Å². The minimum Gasteiger partial charge on any atom is -0.346 e. The van der Waals surface area contributed by atoms with Gasteiger partial charge in [0, 0.05) is 29.3 Å². The molecular formula is C18H19ClN5. The first-order valence-corrected chi connectivity index (χ1v) is 8.18. The molecule has 123 valence electrons. The Morgan fingerprint density at radius 2 is 1.88 bits per heavy atom. The van der Waals surface area contributed by atoms with Gasteiger partial charge in [-0.05, 0) is 49.6 Å². The first kappa shape index (κ1) is 16.5. The van der Waals surface area contributed by atoms with Crippen LogP contribution in [0.25, 0.3) is 5.69 Å². The second-order valence-corrected chi connectivity index (χ2v) is 6.01.